The van der Waals surface area contributed by atoms with Gasteiger partial charge in [-0.25, -0.2) is 8.78 Å². The number of hydrogen-bond acceptors (Lipinski definition) is 3. The molecule has 0 unspecified atom stereocenters. The van der Waals surface area contributed by atoms with Gasteiger partial charge in [0, 0.05) is 12.1 Å². The lowest BCUT2D eigenvalue weighted by Gasteiger charge is -2.07. The highest BCUT2D eigenvalue weighted by atomic mass is 19.3. The van der Waals surface area contributed by atoms with Crippen LogP contribution in [0.4, 0.5) is 8.78 Å². The Morgan fingerprint density at radius 1 is 1.44 bits per heavy atom. The Labute approximate surface area is 89.7 Å². The van der Waals surface area contributed by atoms with Crippen molar-refractivity contribution < 1.29 is 8.78 Å². The molecule has 0 spiro atoms. The highest BCUT2D eigenvalue weighted by Crippen LogP contribution is 2.36. The van der Waals surface area contributed by atoms with Gasteiger partial charge >= 0.3 is 0 Å². The molecule has 1 aliphatic rings. The number of aromatic nitrogens is 5. The van der Waals surface area contributed by atoms with Crippen LogP contribution in [0, 0.1) is 6.07 Å². The molecule has 7 heteroatoms. The lowest BCUT2D eigenvalue weighted by molar-refractivity contribution is 0.142. The molecule has 5 nitrogen and oxygen atoms in total. The van der Waals surface area contributed by atoms with Crippen LogP contribution in [0.2, 0.25) is 0 Å². The summed E-state index contributed by atoms with van der Waals surface area (Å²) in [6, 6.07) is 2.72. The zero-order valence-corrected chi connectivity index (χ0v) is 8.22. The Morgan fingerprint density at radius 3 is 2.94 bits per heavy atom. The van der Waals surface area contributed by atoms with Crippen LogP contribution in [-0.2, 0) is 0 Å². The van der Waals surface area contributed by atoms with E-state index in [9.17, 15) is 8.78 Å². The molecular weight excluding hydrogens is 216 g/mol. The summed E-state index contributed by atoms with van der Waals surface area (Å²) in [6.07, 6.45) is 2.20. The topological polar surface area (TPSA) is 48.5 Å². The molecule has 83 valence electrons. The van der Waals surface area contributed by atoms with Gasteiger partial charge in [-0.15, -0.1) is 10.2 Å². The van der Waals surface area contributed by atoms with Crippen LogP contribution in [0.15, 0.2) is 12.5 Å². The fourth-order valence-electron chi connectivity index (χ4n) is 1.59. The van der Waals surface area contributed by atoms with Gasteiger partial charge in [0.05, 0.1) is 6.20 Å². The van der Waals surface area contributed by atoms with Gasteiger partial charge in [-0.05, 0) is 12.8 Å². The molecule has 0 atom stereocenters. The van der Waals surface area contributed by atoms with E-state index < -0.39 is 6.43 Å². The second kappa shape index (κ2) is 3.36. The predicted molar refractivity (Wildman–Crippen MR) is 49.2 cm³/mol. The van der Waals surface area contributed by atoms with Crippen LogP contribution in [0.1, 0.15) is 31.0 Å². The highest BCUT2D eigenvalue weighted by Gasteiger charge is 2.28. The number of nitrogens with zero attached hydrogens (tertiary/aromatic N) is 5. The van der Waals surface area contributed by atoms with Crippen LogP contribution in [-0.4, -0.2) is 24.5 Å². The first kappa shape index (κ1) is 9.44. The first-order valence-corrected chi connectivity index (χ1v) is 4.91. The van der Waals surface area contributed by atoms with E-state index in [1.165, 1.54) is 6.20 Å². The van der Waals surface area contributed by atoms with E-state index in [2.05, 4.69) is 21.4 Å². The largest absolute Gasteiger partial charge is 0.295 e. The summed E-state index contributed by atoms with van der Waals surface area (Å²) < 4.78 is 28.2. The molecule has 0 aliphatic heterocycles. The molecule has 0 bridgehead atoms. The second-order valence-electron chi connectivity index (χ2n) is 3.66. The van der Waals surface area contributed by atoms with Gasteiger partial charge in [-0.3, -0.25) is 4.57 Å². The van der Waals surface area contributed by atoms with E-state index >= 15 is 0 Å². The van der Waals surface area contributed by atoms with Gasteiger partial charge in [-0.1, -0.05) is 0 Å². The zero-order chi connectivity index (χ0) is 11.1. The average Bonchev–Trinajstić information content (AvgIpc) is 2.82. The van der Waals surface area contributed by atoms with E-state index in [1.54, 1.807) is 10.9 Å². The normalized spacial score (nSPS) is 15.9. The Hall–Kier alpha value is -1.79. The van der Waals surface area contributed by atoms with Crippen LogP contribution in [0.5, 0.6) is 0 Å². The fraction of sp³-hybridized carbons (Fsp3) is 0.444. The minimum Gasteiger partial charge on any atom is -0.295 e. The standard InChI is InChI=1S/C9H8F2N5/c10-8(11)7-3-4-13-16(7)9-14-12-5-15(9)6-1-2-6/h4-6,8H,1-2H2. The summed E-state index contributed by atoms with van der Waals surface area (Å²) in [5.41, 5.74) is -0.282. The number of hydrogen-bond donors (Lipinski definition) is 0. The quantitative estimate of drug-likeness (QED) is 0.794. The minimum absolute atomic E-state index is 0.282. The molecule has 2 aromatic heterocycles. The van der Waals surface area contributed by atoms with E-state index in [0.717, 1.165) is 17.5 Å². The van der Waals surface area contributed by atoms with Crippen LogP contribution < -0.4 is 0 Å². The van der Waals surface area contributed by atoms with Crippen molar-refractivity contribution in [3.05, 3.63) is 24.3 Å². The zero-order valence-electron chi connectivity index (χ0n) is 8.22. The van der Waals surface area contributed by atoms with Crippen molar-refractivity contribution in [1.82, 2.24) is 24.5 Å². The molecule has 0 amide bonds. The van der Waals surface area contributed by atoms with Crippen molar-refractivity contribution in [2.24, 2.45) is 0 Å². The van der Waals surface area contributed by atoms with Crippen molar-refractivity contribution >= 4 is 0 Å². The van der Waals surface area contributed by atoms with E-state index in [-0.39, 0.29) is 5.69 Å². The van der Waals surface area contributed by atoms with E-state index in [0.29, 0.717) is 12.0 Å². The summed E-state index contributed by atoms with van der Waals surface area (Å²) in [7, 11) is 0. The average molecular weight is 224 g/mol. The van der Waals surface area contributed by atoms with Gasteiger partial charge < -0.3 is 0 Å². The summed E-state index contributed by atoms with van der Waals surface area (Å²) in [5.74, 6) is 0.332. The third-order valence-electron chi connectivity index (χ3n) is 2.50. The monoisotopic (exact) mass is 224 g/mol. The molecule has 1 radical (unpaired) electrons. The second-order valence-corrected chi connectivity index (χ2v) is 3.66. The van der Waals surface area contributed by atoms with E-state index in [1.807, 2.05) is 0 Å². The molecule has 0 N–H and O–H groups in total. The molecule has 0 saturated heterocycles. The van der Waals surface area contributed by atoms with Crippen molar-refractivity contribution in [2.45, 2.75) is 25.3 Å². The van der Waals surface area contributed by atoms with Crippen LogP contribution >= 0.6 is 0 Å². The molecule has 1 fully saturated rings. The summed E-state index contributed by atoms with van der Waals surface area (Å²) in [6.45, 7) is 0. The maximum atomic E-state index is 12.7. The van der Waals surface area contributed by atoms with Crippen molar-refractivity contribution in [3.8, 4) is 5.95 Å². The number of halogens is 2. The minimum atomic E-state index is -2.62. The Morgan fingerprint density at radius 2 is 2.25 bits per heavy atom. The van der Waals surface area contributed by atoms with Crippen molar-refractivity contribution in [1.29, 1.82) is 0 Å². The number of rotatable bonds is 3. The molecule has 0 aromatic carbocycles. The Balaban J connectivity index is 2.07. The predicted octanol–water partition coefficient (Wildman–Crippen LogP) is 1.54. The van der Waals surface area contributed by atoms with Crippen molar-refractivity contribution in [2.75, 3.05) is 0 Å². The lowest BCUT2D eigenvalue weighted by atomic mass is 10.4. The van der Waals surface area contributed by atoms with Gasteiger partial charge in [0.2, 0.25) is 0 Å². The van der Waals surface area contributed by atoms with Crippen molar-refractivity contribution in [3.63, 3.8) is 0 Å². The highest BCUT2D eigenvalue weighted by molar-refractivity contribution is 5.17. The SMILES string of the molecule is FC(F)c1[c]cnn1-c1nncn1C1CC1. The summed E-state index contributed by atoms with van der Waals surface area (Å²) >= 11 is 0. The molecule has 2 heterocycles. The first-order chi connectivity index (χ1) is 7.77. The number of alkyl halides is 2. The van der Waals surface area contributed by atoms with Gasteiger partial charge in [0.1, 0.15) is 12.0 Å². The fourth-order valence-corrected chi connectivity index (χ4v) is 1.59. The molecule has 3 rings (SSSR count). The molecule has 1 saturated carbocycles. The summed E-state index contributed by atoms with van der Waals surface area (Å²) in [4.78, 5) is 0. The Kier molecular flexibility index (Phi) is 1.98. The third kappa shape index (κ3) is 1.39. The van der Waals surface area contributed by atoms with Gasteiger partial charge in [-0.2, -0.15) is 9.78 Å². The third-order valence-corrected chi connectivity index (χ3v) is 2.50. The maximum Gasteiger partial charge on any atom is 0.281 e. The molecule has 16 heavy (non-hydrogen) atoms. The van der Waals surface area contributed by atoms with Gasteiger partial charge in [0.25, 0.3) is 12.4 Å². The van der Waals surface area contributed by atoms with E-state index in [4.69, 9.17) is 0 Å². The molecule has 1 aliphatic carbocycles. The first-order valence-electron chi connectivity index (χ1n) is 4.91. The van der Waals surface area contributed by atoms with Crippen LogP contribution in [0.25, 0.3) is 5.95 Å². The van der Waals surface area contributed by atoms with Gasteiger partial charge in [0.15, 0.2) is 0 Å². The maximum absolute atomic E-state index is 12.7. The molecule has 2 aromatic rings. The van der Waals surface area contributed by atoms with Crippen LogP contribution in [0.3, 0.4) is 0 Å². The smallest absolute Gasteiger partial charge is 0.281 e. The Bertz CT molecular complexity index is 461. The summed E-state index contributed by atoms with van der Waals surface area (Å²) in [5, 5.41) is 11.4. The molecular formula is C9H8F2N5. The lowest BCUT2D eigenvalue weighted by Crippen LogP contribution is -2.10.